The van der Waals surface area contributed by atoms with Crippen molar-refractivity contribution in [1.29, 1.82) is 0 Å². The molecule has 5 heteroatoms. The lowest BCUT2D eigenvalue weighted by molar-refractivity contribution is 0.0620. The number of fused-ring (bicyclic) bond motifs is 4. The van der Waals surface area contributed by atoms with Crippen molar-refractivity contribution in [2.24, 2.45) is 5.92 Å². The molecule has 0 saturated carbocycles. The average molecular weight is 298 g/mol. The van der Waals surface area contributed by atoms with Crippen LogP contribution >= 0.6 is 0 Å². The second kappa shape index (κ2) is 5.25. The number of rotatable bonds is 3. The topological polar surface area (TPSA) is 62.6 Å². The van der Waals surface area contributed by atoms with Crippen molar-refractivity contribution >= 4 is 23.2 Å². The average Bonchev–Trinajstić information content (AvgIpc) is 2.98. The zero-order chi connectivity index (χ0) is 15.1. The largest absolute Gasteiger partial charge is 0.453 e. The fraction of sp³-hybridized carbons (Fsp3) is 0.412. The van der Waals surface area contributed by atoms with Gasteiger partial charge in [-0.1, -0.05) is 0 Å². The van der Waals surface area contributed by atoms with Crippen molar-refractivity contribution in [2.45, 2.75) is 18.9 Å². The van der Waals surface area contributed by atoms with Gasteiger partial charge in [0.25, 0.3) is 5.91 Å². The summed E-state index contributed by atoms with van der Waals surface area (Å²) in [6, 6.07) is 7.18. The number of carbonyl (C=O) groups is 2. The molecule has 1 aromatic heterocycles. The Balaban J connectivity index is 1.53. The maximum Gasteiger partial charge on any atom is 0.251 e. The number of amides is 1. The molecule has 1 amide bonds. The normalized spacial score (nSPS) is 27.0. The van der Waals surface area contributed by atoms with Crippen LogP contribution in [-0.2, 0) is 0 Å². The molecule has 2 aromatic rings. The van der Waals surface area contributed by atoms with E-state index >= 15 is 0 Å². The van der Waals surface area contributed by atoms with Crippen molar-refractivity contribution < 1.29 is 14.0 Å². The summed E-state index contributed by atoms with van der Waals surface area (Å²) in [6.45, 7) is 3.28. The molecule has 3 aliphatic rings. The summed E-state index contributed by atoms with van der Waals surface area (Å²) in [6.07, 6.45) is 3.02. The van der Waals surface area contributed by atoms with E-state index in [2.05, 4.69) is 10.2 Å². The van der Waals surface area contributed by atoms with Crippen LogP contribution in [0.5, 0.6) is 0 Å². The molecule has 5 rings (SSSR count). The zero-order valence-corrected chi connectivity index (χ0v) is 12.2. The van der Waals surface area contributed by atoms with Gasteiger partial charge in [0.15, 0.2) is 12.0 Å². The molecule has 3 saturated heterocycles. The van der Waals surface area contributed by atoms with Gasteiger partial charge >= 0.3 is 0 Å². The van der Waals surface area contributed by atoms with Crippen molar-refractivity contribution in [2.75, 3.05) is 19.6 Å². The van der Waals surface area contributed by atoms with Gasteiger partial charge in [-0.05, 0) is 56.1 Å². The number of hydrogen-bond donors (Lipinski definition) is 1. The number of piperidine rings is 3. The number of furan rings is 1. The minimum absolute atomic E-state index is 0.0468. The molecule has 0 spiro atoms. The van der Waals surface area contributed by atoms with Crippen LogP contribution in [0.1, 0.15) is 33.8 Å². The van der Waals surface area contributed by atoms with Crippen LogP contribution in [0.25, 0.3) is 11.0 Å². The number of nitrogens with one attached hydrogen (secondary N) is 1. The molecule has 0 radical (unpaired) electrons. The van der Waals surface area contributed by atoms with E-state index in [1.54, 1.807) is 24.3 Å². The molecule has 3 fully saturated rings. The summed E-state index contributed by atoms with van der Waals surface area (Å²) in [4.78, 5) is 25.6. The summed E-state index contributed by atoms with van der Waals surface area (Å²) < 4.78 is 5.34. The van der Waals surface area contributed by atoms with E-state index in [4.69, 9.17) is 4.42 Å². The summed E-state index contributed by atoms with van der Waals surface area (Å²) >= 11 is 0. The van der Waals surface area contributed by atoms with E-state index in [9.17, 15) is 9.59 Å². The lowest BCUT2D eigenvalue weighted by Crippen LogP contribution is -2.57. The highest BCUT2D eigenvalue weighted by Gasteiger charge is 2.34. The van der Waals surface area contributed by atoms with Gasteiger partial charge in [0.1, 0.15) is 5.58 Å². The van der Waals surface area contributed by atoms with E-state index in [-0.39, 0.29) is 17.7 Å². The van der Waals surface area contributed by atoms with Crippen LogP contribution in [0.4, 0.5) is 0 Å². The van der Waals surface area contributed by atoms with Gasteiger partial charge in [0.05, 0.1) is 0 Å². The van der Waals surface area contributed by atoms with Crippen LogP contribution in [0.3, 0.4) is 0 Å². The Hall–Kier alpha value is -2.14. The monoisotopic (exact) mass is 298 g/mol. The van der Waals surface area contributed by atoms with Gasteiger partial charge in [0.2, 0.25) is 0 Å². The van der Waals surface area contributed by atoms with Crippen LogP contribution in [0.2, 0.25) is 0 Å². The van der Waals surface area contributed by atoms with Gasteiger partial charge in [-0.15, -0.1) is 0 Å². The second-order valence-electron chi connectivity index (χ2n) is 6.24. The maximum atomic E-state index is 12.5. The van der Waals surface area contributed by atoms with E-state index in [1.165, 1.54) is 12.8 Å². The Labute approximate surface area is 128 Å². The van der Waals surface area contributed by atoms with Crippen molar-refractivity contribution in [3.05, 3.63) is 35.6 Å². The molecular weight excluding hydrogens is 280 g/mol. The minimum atomic E-state index is -0.0468. The van der Waals surface area contributed by atoms with E-state index < -0.39 is 0 Å². The molecule has 5 nitrogen and oxygen atoms in total. The third-order valence-corrected chi connectivity index (χ3v) is 4.89. The molecule has 1 N–H and O–H groups in total. The smallest absolute Gasteiger partial charge is 0.251 e. The first-order valence-electron chi connectivity index (χ1n) is 7.75. The number of hydrogen-bond acceptors (Lipinski definition) is 4. The molecule has 22 heavy (non-hydrogen) atoms. The fourth-order valence-corrected chi connectivity index (χ4v) is 3.64. The predicted octanol–water partition coefficient (Wildman–Crippen LogP) is 2.07. The molecule has 0 aliphatic carbocycles. The summed E-state index contributed by atoms with van der Waals surface area (Å²) in [5, 5.41) is 3.95. The van der Waals surface area contributed by atoms with Gasteiger partial charge in [-0.2, -0.15) is 0 Å². The number of aldehydes is 1. The molecule has 3 aliphatic heterocycles. The van der Waals surface area contributed by atoms with Crippen LogP contribution in [-0.4, -0.2) is 42.8 Å². The molecule has 1 unspecified atom stereocenters. The van der Waals surface area contributed by atoms with Gasteiger partial charge in [-0.25, -0.2) is 0 Å². The van der Waals surface area contributed by atoms with Crippen molar-refractivity contribution in [3.63, 3.8) is 0 Å². The zero-order valence-electron chi connectivity index (χ0n) is 12.2. The van der Waals surface area contributed by atoms with Crippen molar-refractivity contribution in [3.8, 4) is 0 Å². The maximum absolute atomic E-state index is 12.5. The van der Waals surface area contributed by atoms with Gasteiger partial charge in [-0.3, -0.25) is 9.59 Å². The van der Waals surface area contributed by atoms with Gasteiger partial charge < -0.3 is 14.6 Å². The molecule has 114 valence electrons. The first kappa shape index (κ1) is 13.5. The fourth-order valence-electron chi connectivity index (χ4n) is 3.64. The Morgan fingerprint density at radius 1 is 1.27 bits per heavy atom. The van der Waals surface area contributed by atoms with Crippen molar-refractivity contribution in [1.82, 2.24) is 10.2 Å². The lowest BCUT2D eigenvalue weighted by atomic mass is 9.84. The van der Waals surface area contributed by atoms with E-state index in [0.717, 1.165) is 25.0 Å². The van der Waals surface area contributed by atoms with Gasteiger partial charge in [0, 0.05) is 23.5 Å². The van der Waals surface area contributed by atoms with Crippen LogP contribution < -0.4 is 5.32 Å². The number of benzene rings is 1. The Bertz CT molecular complexity index is 729. The van der Waals surface area contributed by atoms with Crippen LogP contribution in [0, 0.1) is 5.92 Å². The SMILES string of the molecule is O=Cc1cc2cc(C(=O)NC3CN4CCC3CC4)ccc2o1. The number of carbonyl (C=O) groups excluding carboxylic acids is 2. The molecular formula is C17H18N2O3. The summed E-state index contributed by atoms with van der Waals surface area (Å²) in [5.41, 5.74) is 1.24. The van der Waals surface area contributed by atoms with E-state index in [1.807, 2.05) is 0 Å². The Morgan fingerprint density at radius 3 is 2.77 bits per heavy atom. The highest BCUT2D eigenvalue weighted by atomic mass is 16.3. The Morgan fingerprint density at radius 2 is 2.09 bits per heavy atom. The summed E-state index contributed by atoms with van der Waals surface area (Å²) in [5.74, 6) is 0.840. The van der Waals surface area contributed by atoms with Crippen LogP contribution in [0.15, 0.2) is 28.7 Å². The minimum Gasteiger partial charge on any atom is -0.453 e. The number of nitrogens with zero attached hydrogens (tertiary/aromatic N) is 1. The molecule has 2 bridgehead atoms. The molecule has 1 atom stereocenters. The first-order chi connectivity index (χ1) is 10.7. The second-order valence-corrected chi connectivity index (χ2v) is 6.24. The standard InChI is InChI=1S/C17H18N2O3/c20-10-14-8-13-7-12(1-2-16(13)22-14)17(21)18-15-9-19-5-3-11(15)4-6-19/h1-2,7-8,10-11,15H,3-6,9H2,(H,18,21). The highest BCUT2D eigenvalue weighted by molar-refractivity contribution is 5.98. The van der Waals surface area contributed by atoms with E-state index in [0.29, 0.717) is 23.4 Å². The first-order valence-corrected chi connectivity index (χ1v) is 7.75. The highest BCUT2D eigenvalue weighted by Crippen LogP contribution is 2.28. The lowest BCUT2D eigenvalue weighted by Gasteiger charge is -2.44. The predicted molar refractivity (Wildman–Crippen MR) is 82.0 cm³/mol. The summed E-state index contributed by atoms with van der Waals surface area (Å²) in [7, 11) is 0. The Kier molecular flexibility index (Phi) is 3.22. The molecule has 1 aromatic carbocycles. The third kappa shape index (κ3) is 2.31. The molecule has 4 heterocycles. The quantitative estimate of drug-likeness (QED) is 0.881. The third-order valence-electron chi connectivity index (χ3n) is 4.89.